The molecule has 2 N–H and O–H groups in total. The minimum absolute atomic E-state index is 0.0227. The number of phenolic OH excluding ortho intramolecular Hbond substituents is 1. The van der Waals surface area contributed by atoms with E-state index in [-0.39, 0.29) is 10.5 Å². The van der Waals surface area contributed by atoms with Gasteiger partial charge in [-0.25, -0.2) is 4.83 Å². The number of rotatable bonds is 5. The molecule has 0 aliphatic rings. The molecule has 0 saturated carbocycles. The lowest BCUT2D eigenvalue weighted by atomic mass is 10.2. The van der Waals surface area contributed by atoms with E-state index in [9.17, 15) is 23.6 Å². The molecule has 0 bridgehead atoms. The predicted molar refractivity (Wildman–Crippen MR) is 86.8 cm³/mol. The maximum absolute atomic E-state index is 12.0. The minimum Gasteiger partial charge on any atom is -0.502 e. The molecule has 120 valence electrons. The summed E-state index contributed by atoms with van der Waals surface area (Å²) in [5, 5.41) is 23.6. The number of aromatic hydroxyl groups is 1. The summed E-state index contributed by atoms with van der Waals surface area (Å²) >= 11 is 3.20. The van der Waals surface area contributed by atoms with E-state index < -0.39 is 26.4 Å². The fraction of sp³-hybridized carbons (Fsp3) is 0. The quantitative estimate of drug-likeness (QED) is 0.453. The summed E-state index contributed by atoms with van der Waals surface area (Å²) < 4.78 is 24.7. The molecule has 0 atom stereocenters. The van der Waals surface area contributed by atoms with Crippen molar-refractivity contribution in [1.82, 2.24) is 4.83 Å². The molecule has 0 amide bonds. The summed E-state index contributed by atoms with van der Waals surface area (Å²) in [4.78, 5) is 12.0. The van der Waals surface area contributed by atoms with Gasteiger partial charge in [0, 0.05) is 16.1 Å². The number of hydrogen-bond acceptors (Lipinski definition) is 6. The van der Waals surface area contributed by atoms with Gasteiger partial charge in [0.2, 0.25) is 0 Å². The second-order valence-electron chi connectivity index (χ2n) is 4.31. The van der Waals surface area contributed by atoms with Crippen LogP contribution in [0.5, 0.6) is 5.75 Å². The SMILES string of the molecule is O=[N+]([O-])c1cc(/C=N/NS(=O)(=O)c2ccc(Br)cc2)ccc1O. The Morgan fingerprint density at radius 3 is 2.48 bits per heavy atom. The fourth-order valence-corrected chi connectivity index (χ4v) is 2.66. The molecular formula is C13H10BrN3O5S. The molecule has 0 fully saturated rings. The highest BCUT2D eigenvalue weighted by Gasteiger charge is 2.14. The topological polar surface area (TPSA) is 122 Å². The van der Waals surface area contributed by atoms with Crippen molar-refractivity contribution in [3.05, 3.63) is 62.6 Å². The Bertz CT molecular complexity index is 866. The van der Waals surface area contributed by atoms with Crippen molar-refractivity contribution in [1.29, 1.82) is 0 Å². The van der Waals surface area contributed by atoms with E-state index in [0.29, 0.717) is 0 Å². The lowest BCUT2D eigenvalue weighted by Gasteiger charge is -2.03. The van der Waals surface area contributed by atoms with Crippen LogP contribution in [-0.4, -0.2) is 24.7 Å². The number of nitrogens with one attached hydrogen (secondary N) is 1. The summed E-state index contributed by atoms with van der Waals surface area (Å²) in [7, 11) is -3.83. The number of sulfonamides is 1. The number of nitro benzene ring substituents is 1. The first-order valence-electron chi connectivity index (χ1n) is 6.07. The average molecular weight is 400 g/mol. The average Bonchev–Trinajstić information content (AvgIpc) is 2.49. The Morgan fingerprint density at radius 2 is 1.87 bits per heavy atom. The summed E-state index contributed by atoms with van der Waals surface area (Å²) in [5.74, 6) is -0.484. The second kappa shape index (κ2) is 6.75. The Labute approximate surface area is 139 Å². The van der Waals surface area contributed by atoms with Gasteiger partial charge in [-0.3, -0.25) is 10.1 Å². The van der Waals surface area contributed by atoms with Crippen molar-refractivity contribution < 1.29 is 18.4 Å². The van der Waals surface area contributed by atoms with Gasteiger partial charge < -0.3 is 5.11 Å². The van der Waals surface area contributed by atoms with Crippen LogP contribution >= 0.6 is 15.9 Å². The molecular weight excluding hydrogens is 390 g/mol. The first-order valence-corrected chi connectivity index (χ1v) is 8.35. The fourth-order valence-electron chi connectivity index (χ4n) is 1.60. The van der Waals surface area contributed by atoms with Crippen molar-refractivity contribution in [3.8, 4) is 5.75 Å². The number of phenols is 1. The lowest BCUT2D eigenvalue weighted by molar-refractivity contribution is -0.385. The van der Waals surface area contributed by atoms with E-state index in [2.05, 4.69) is 21.0 Å². The number of hydrogen-bond donors (Lipinski definition) is 2. The van der Waals surface area contributed by atoms with Gasteiger partial charge in [0.25, 0.3) is 10.0 Å². The normalized spacial score (nSPS) is 11.5. The minimum atomic E-state index is -3.83. The zero-order chi connectivity index (χ0) is 17.0. The molecule has 0 aromatic heterocycles. The van der Waals surface area contributed by atoms with Gasteiger partial charge in [0.1, 0.15) is 0 Å². The molecule has 8 nitrogen and oxygen atoms in total. The summed E-state index contributed by atoms with van der Waals surface area (Å²) in [6.45, 7) is 0. The standard InChI is InChI=1S/C13H10BrN3O5S/c14-10-2-4-11(5-3-10)23(21,22)16-15-8-9-1-6-13(18)12(7-9)17(19)20/h1-8,16,18H/b15-8+. The van der Waals surface area contributed by atoms with Crippen molar-refractivity contribution in [3.63, 3.8) is 0 Å². The number of benzene rings is 2. The summed E-state index contributed by atoms with van der Waals surface area (Å²) in [5.41, 5.74) is -0.238. The number of halogens is 1. The van der Waals surface area contributed by atoms with Crippen LogP contribution in [0.1, 0.15) is 5.56 Å². The van der Waals surface area contributed by atoms with Crippen molar-refractivity contribution >= 4 is 37.9 Å². The van der Waals surface area contributed by atoms with Crippen molar-refractivity contribution in [2.45, 2.75) is 4.90 Å². The van der Waals surface area contributed by atoms with E-state index in [1.165, 1.54) is 18.2 Å². The molecule has 10 heteroatoms. The first-order chi connectivity index (χ1) is 10.8. The highest BCUT2D eigenvalue weighted by molar-refractivity contribution is 9.10. The maximum atomic E-state index is 12.0. The molecule has 0 unspecified atom stereocenters. The van der Waals surface area contributed by atoms with Crippen LogP contribution in [-0.2, 0) is 10.0 Å². The van der Waals surface area contributed by atoms with E-state index in [1.54, 1.807) is 12.1 Å². The maximum Gasteiger partial charge on any atom is 0.311 e. The lowest BCUT2D eigenvalue weighted by Crippen LogP contribution is -2.18. The van der Waals surface area contributed by atoms with Crippen LogP contribution in [0, 0.1) is 10.1 Å². The predicted octanol–water partition coefficient (Wildman–Crippen LogP) is 2.38. The number of nitrogens with zero attached hydrogens (tertiary/aromatic N) is 2. The highest BCUT2D eigenvalue weighted by Crippen LogP contribution is 2.25. The molecule has 0 saturated heterocycles. The number of nitro groups is 1. The van der Waals surface area contributed by atoms with Crippen LogP contribution in [0.2, 0.25) is 0 Å². The van der Waals surface area contributed by atoms with E-state index in [0.717, 1.165) is 22.8 Å². The Kier molecular flexibility index (Phi) is 4.96. The molecule has 0 aliphatic carbocycles. The summed E-state index contributed by atoms with van der Waals surface area (Å²) in [6, 6.07) is 9.50. The van der Waals surface area contributed by atoms with Gasteiger partial charge in [0.05, 0.1) is 16.0 Å². The van der Waals surface area contributed by atoms with Crippen molar-refractivity contribution in [2.24, 2.45) is 5.10 Å². The van der Waals surface area contributed by atoms with Crippen LogP contribution in [0.25, 0.3) is 0 Å². The molecule has 0 radical (unpaired) electrons. The molecule has 0 heterocycles. The third-order valence-electron chi connectivity index (χ3n) is 2.71. The Hall–Kier alpha value is -2.46. The van der Waals surface area contributed by atoms with Crippen LogP contribution < -0.4 is 4.83 Å². The number of hydrazone groups is 1. The van der Waals surface area contributed by atoms with Gasteiger partial charge in [0.15, 0.2) is 5.75 Å². The third-order valence-corrected chi connectivity index (χ3v) is 4.47. The third kappa shape index (κ3) is 4.27. The van der Waals surface area contributed by atoms with Crippen molar-refractivity contribution in [2.75, 3.05) is 0 Å². The molecule has 0 spiro atoms. The molecule has 0 aliphatic heterocycles. The highest BCUT2D eigenvalue weighted by atomic mass is 79.9. The van der Waals surface area contributed by atoms with E-state index >= 15 is 0 Å². The van der Waals surface area contributed by atoms with Crippen LogP contribution in [0.4, 0.5) is 5.69 Å². The zero-order valence-electron chi connectivity index (χ0n) is 11.4. The molecule has 2 aromatic rings. The largest absolute Gasteiger partial charge is 0.502 e. The van der Waals surface area contributed by atoms with E-state index in [1.807, 2.05) is 4.83 Å². The van der Waals surface area contributed by atoms with Gasteiger partial charge in [-0.05, 0) is 36.4 Å². The monoisotopic (exact) mass is 399 g/mol. The smallest absolute Gasteiger partial charge is 0.311 e. The molecule has 2 rings (SSSR count). The molecule has 2 aromatic carbocycles. The van der Waals surface area contributed by atoms with Crippen LogP contribution in [0.15, 0.2) is 56.9 Å². The van der Waals surface area contributed by atoms with Gasteiger partial charge >= 0.3 is 5.69 Å². The zero-order valence-corrected chi connectivity index (χ0v) is 13.8. The summed E-state index contributed by atoms with van der Waals surface area (Å²) in [6.07, 6.45) is 1.10. The second-order valence-corrected chi connectivity index (χ2v) is 6.89. The first kappa shape index (κ1) is 16.9. The van der Waals surface area contributed by atoms with Crippen LogP contribution in [0.3, 0.4) is 0 Å². The van der Waals surface area contributed by atoms with Gasteiger partial charge in [-0.15, -0.1) is 0 Å². The Morgan fingerprint density at radius 1 is 1.22 bits per heavy atom. The Balaban J connectivity index is 2.17. The molecule has 23 heavy (non-hydrogen) atoms. The van der Waals surface area contributed by atoms with Gasteiger partial charge in [-0.1, -0.05) is 15.9 Å². The van der Waals surface area contributed by atoms with Gasteiger partial charge in [-0.2, -0.15) is 13.5 Å². The van der Waals surface area contributed by atoms with E-state index in [4.69, 9.17) is 0 Å².